The van der Waals surface area contributed by atoms with Gasteiger partial charge in [-0.25, -0.2) is 0 Å². The van der Waals surface area contributed by atoms with E-state index in [0.29, 0.717) is 46.5 Å². The maximum Gasteiger partial charge on any atom is 0.416 e. The van der Waals surface area contributed by atoms with Gasteiger partial charge in [-0.15, -0.1) is 0 Å². The van der Waals surface area contributed by atoms with E-state index in [4.69, 9.17) is 4.74 Å². The Labute approximate surface area is 191 Å². The maximum absolute atomic E-state index is 13.5. The first-order valence-corrected chi connectivity index (χ1v) is 11.6. The van der Waals surface area contributed by atoms with E-state index in [0.717, 1.165) is 43.4 Å². The number of alkyl halides is 3. The van der Waals surface area contributed by atoms with Gasteiger partial charge in [0.1, 0.15) is 17.3 Å². The molecule has 1 N–H and O–H groups in total. The van der Waals surface area contributed by atoms with Crippen LogP contribution in [0.5, 0.6) is 11.5 Å². The molecule has 6 rings (SSSR count). The van der Waals surface area contributed by atoms with Crippen LogP contribution >= 0.6 is 0 Å². The number of hydrogen-bond acceptors (Lipinski definition) is 3. The van der Waals surface area contributed by atoms with Crippen LogP contribution in [0.2, 0.25) is 0 Å². The van der Waals surface area contributed by atoms with Crippen LogP contribution < -0.4 is 4.74 Å². The highest BCUT2D eigenvalue weighted by Gasteiger charge is 2.54. The second-order valence-electron chi connectivity index (χ2n) is 9.60. The first kappa shape index (κ1) is 22.1. The molecule has 3 fully saturated rings. The highest BCUT2D eigenvalue weighted by molar-refractivity contribution is 6.25. The minimum Gasteiger partial charge on any atom is -0.511 e. The number of rotatable bonds is 4. The van der Waals surface area contributed by atoms with Gasteiger partial charge in [-0.1, -0.05) is 13.0 Å². The van der Waals surface area contributed by atoms with Gasteiger partial charge in [-0.05, 0) is 97.9 Å². The Balaban J connectivity index is 1.51. The fourth-order valence-electron chi connectivity index (χ4n) is 6.18. The number of allylic oxidation sites excluding steroid dienone is 2. The van der Waals surface area contributed by atoms with Crippen molar-refractivity contribution in [2.24, 2.45) is 23.7 Å². The summed E-state index contributed by atoms with van der Waals surface area (Å²) < 4.78 is 44.9. The Hall–Kier alpha value is -2.76. The van der Waals surface area contributed by atoms with Crippen LogP contribution in [-0.4, -0.2) is 10.9 Å². The molecule has 3 saturated carbocycles. The predicted octanol–water partition coefficient (Wildman–Crippen LogP) is 7.27. The third kappa shape index (κ3) is 3.64. The van der Waals surface area contributed by atoms with E-state index in [1.807, 2.05) is 13.0 Å². The number of aliphatic hydroxyl groups is 1. The van der Waals surface area contributed by atoms with E-state index in [9.17, 15) is 23.1 Å². The number of carbonyl (C=O) groups excluding carboxylic acids is 1. The molecular weight excluding hydrogens is 429 g/mol. The van der Waals surface area contributed by atoms with Gasteiger partial charge >= 0.3 is 6.18 Å². The molecular formula is C27H27F3O3. The monoisotopic (exact) mass is 456 g/mol. The molecule has 174 valence electrons. The molecule has 2 bridgehead atoms. The molecule has 6 heteroatoms. The summed E-state index contributed by atoms with van der Waals surface area (Å²) in [6, 6.07) is 8.75. The van der Waals surface area contributed by atoms with E-state index in [-0.39, 0.29) is 23.4 Å². The average Bonchev–Trinajstić information content (AvgIpc) is 3.07. The van der Waals surface area contributed by atoms with Crippen LogP contribution in [0, 0.1) is 30.6 Å². The largest absolute Gasteiger partial charge is 0.511 e. The molecule has 2 aromatic carbocycles. The van der Waals surface area contributed by atoms with Gasteiger partial charge in [0.15, 0.2) is 5.78 Å². The second kappa shape index (κ2) is 7.93. The molecule has 4 aliphatic rings. The maximum atomic E-state index is 13.5. The van der Waals surface area contributed by atoms with E-state index < -0.39 is 11.7 Å². The summed E-state index contributed by atoms with van der Waals surface area (Å²) in [6.07, 6.45) is 0.495. The number of hydrogen-bond donors (Lipinski definition) is 1. The Kier molecular flexibility index (Phi) is 5.30. The zero-order valence-electron chi connectivity index (χ0n) is 18.7. The summed E-state index contributed by atoms with van der Waals surface area (Å²) in [7, 11) is 0. The lowest BCUT2D eigenvalue weighted by atomic mass is 9.59. The van der Waals surface area contributed by atoms with Crippen molar-refractivity contribution in [2.75, 3.05) is 0 Å². The van der Waals surface area contributed by atoms with Gasteiger partial charge in [-0.2, -0.15) is 13.2 Å². The quantitative estimate of drug-likeness (QED) is 0.526. The number of aliphatic hydroxyl groups excluding tert-OH is 1. The van der Waals surface area contributed by atoms with Crippen molar-refractivity contribution in [1.82, 2.24) is 0 Å². The number of halogens is 3. The lowest BCUT2D eigenvalue weighted by molar-refractivity contribution is -0.137. The van der Waals surface area contributed by atoms with Crippen molar-refractivity contribution in [3.63, 3.8) is 0 Å². The molecule has 2 atom stereocenters. The normalized spacial score (nSPS) is 26.6. The van der Waals surface area contributed by atoms with Gasteiger partial charge in [0.2, 0.25) is 0 Å². The number of carbonyl (C=O) groups is 1. The number of aryl methyl sites for hydroxylation is 2. The van der Waals surface area contributed by atoms with Gasteiger partial charge in [0, 0.05) is 11.8 Å². The molecule has 2 unspecified atom stereocenters. The molecule has 3 nitrogen and oxygen atoms in total. The van der Waals surface area contributed by atoms with Crippen LogP contribution in [0.1, 0.15) is 54.9 Å². The molecule has 0 amide bonds. The number of fused-ring (bicyclic) bond motifs is 2. The SMILES string of the molecule is CCc1ccc(Oc2ccc(C(F)(F)F)cc2C)cc1C1=C(O)C2C(C1=O)[C@H]1CC[C@@H]2CC1. The first-order chi connectivity index (χ1) is 15.7. The fraction of sp³-hybridized carbons (Fsp3) is 0.444. The topological polar surface area (TPSA) is 46.5 Å². The number of Topliss-reactive ketones (excluding diaryl/α,β-unsaturated/α-hetero) is 1. The summed E-state index contributed by atoms with van der Waals surface area (Å²) in [5, 5.41) is 11.2. The fourth-order valence-corrected chi connectivity index (χ4v) is 6.18. The highest BCUT2D eigenvalue weighted by Crippen LogP contribution is 2.57. The van der Waals surface area contributed by atoms with Crippen molar-refractivity contribution in [3.05, 3.63) is 64.4 Å². The lowest BCUT2D eigenvalue weighted by Crippen LogP contribution is -2.41. The van der Waals surface area contributed by atoms with Crippen molar-refractivity contribution in [2.45, 2.75) is 52.1 Å². The zero-order chi connectivity index (χ0) is 23.5. The van der Waals surface area contributed by atoms with Crippen molar-refractivity contribution in [3.8, 4) is 11.5 Å². The average molecular weight is 457 g/mol. The third-order valence-electron chi connectivity index (χ3n) is 7.80. The van der Waals surface area contributed by atoms with Gasteiger partial charge in [0.25, 0.3) is 0 Å². The number of ether oxygens (including phenoxy) is 1. The van der Waals surface area contributed by atoms with Gasteiger partial charge in [-0.3, -0.25) is 4.79 Å². The molecule has 0 aromatic heterocycles. The Morgan fingerprint density at radius 1 is 1.00 bits per heavy atom. The molecule has 0 spiro atoms. The molecule has 0 radical (unpaired) electrons. The van der Waals surface area contributed by atoms with E-state index in [2.05, 4.69) is 0 Å². The summed E-state index contributed by atoms with van der Waals surface area (Å²) >= 11 is 0. The molecule has 4 aliphatic carbocycles. The molecule has 0 heterocycles. The zero-order valence-corrected chi connectivity index (χ0v) is 18.7. The highest BCUT2D eigenvalue weighted by atomic mass is 19.4. The Morgan fingerprint density at radius 3 is 2.24 bits per heavy atom. The summed E-state index contributed by atoms with van der Waals surface area (Å²) in [4.78, 5) is 13.5. The van der Waals surface area contributed by atoms with Crippen LogP contribution in [0.15, 0.2) is 42.2 Å². The van der Waals surface area contributed by atoms with Gasteiger partial charge in [0.05, 0.1) is 11.1 Å². The Bertz CT molecular complexity index is 1140. The number of ketones is 1. The smallest absolute Gasteiger partial charge is 0.416 e. The first-order valence-electron chi connectivity index (χ1n) is 11.6. The van der Waals surface area contributed by atoms with Crippen molar-refractivity contribution < 1.29 is 27.8 Å². The molecule has 33 heavy (non-hydrogen) atoms. The summed E-state index contributed by atoms with van der Waals surface area (Å²) in [5.41, 5.74) is 1.67. The lowest BCUT2D eigenvalue weighted by Gasteiger charge is -2.44. The minimum atomic E-state index is -4.41. The summed E-state index contributed by atoms with van der Waals surface area (Å²) in [6.45, 7) is 3.56. The van der Waals surface area contributed by atoms with Crippen LogP contribution in [0.25, 0.3) is 5.57 Å². The molecule has 2 aromatic rings. The standard InChI is InChI=1S/C27H27F3O3/c1-3-15-8-10-19(33-21-11-9-18(12-14(21)2)27(28,29)30)13-20(15)24-25(31)22-16-4-5-17(7-6-16)23(22)26(24)32/h8-13,16-17,22-23,31H,3-7H2,1-2H3/t16-,17+,22?,23?. The molecule has 0 saturated heterocycles. The second-order valence-corrected chi connectivity index (χ2v) is 9.60. The minimum absolute atomic E-state index is 0.0319. The van der Waals surface area contributed by atoms with Crippen LogP contribution in [0.4, 0.5) is 13.2 Å². The van der Waals surface area contributed by atoms with Crippen molar-refractivity contribution in [1.29, 1.82) is 0 Å². The Morgan fingerprint density at radius 2 is 1.67 bits per heavy atom. The van der Waals surface area contributed by atoms with E-state index >= 15 is 0 Å². The molecule has 0 aliphatic heterocycles. The van der Waals surface area contributed by atoms with Crippen molar-refractivity contribution >= 4 is 11.4 Å². The number of benzene rings is 2. The van der Waals surface area contributed by atoms with E-state index in [1.165, 1.54) is 6.07 Å². The van der Waals surface area contributed by atoms with Crippen LogP contribution in [-0.2, 0) is 17.4 Å². The van der Waals surface area contributed by atoms with Crippen LogP contribution in [0.3, 0.4) is 0 Å². The third-order valence-corrected chi connectivity index (χ3v) is 7.80. The predicted molar refractivity (Wildman–Crippen MR) is 119 cm³/mol. The van der Waals surface area contributed by atoms with Gasteiger partial charge < -0.3 is 9.84 Å². The van der Waals surface area contributed by atoms with E-state index in [1.54, 1.807) is 19.1 Å². The summed E-state index contributed by atoms with van der Waals surface area (Å²) in [5.74, 6) is 1.50.